The third-order valence-electron chi connectivity index (χ3n) is 1.75. The maximum Gasteiger partial charge on any atom is 0.140 e. The molecule has 0 aliphatic carbocycles. The van der Waals surface area contributed by atoms with Crippen LogP contribution in [0.4, 0.5) is 5.69 Å². The molecule has 0 bridgehead atoms. The molecular weight excluding hydrogens is 221 g/mol. The van der Waals surface area contributed by atoms with Crippen molar-refractivity contribution in [3.8, 4) is 5.75 Å². The van der Waals surface area contributed by atoms with E-state index in [1.165, 1.54) is 0 Å². The van der Waals surface area contributed by atoms with Gasteiger partial charge in [-0.1, -0.05) is 30.1 Å². The van der Waals surface area contributed by atoms with Gasteiger partial charge in [0.25, 0.3) is 0 Å². The average Bonchev–Trinajstić information content (AvgIpc) is 2.17. The van der Waals surface area contributed by atoms with Gasteiger partial charge in [0.15, 0.2) is 0 Å². The summed E-state index contributed by atoms with van der Waals surface area (Å²) in [5, 5.41) is 4.11. The zero-order valence-corrected chi connectivity index (χ0v) is 9.74. The fourth-order valence-electron chi connectivity index (χ4n) is 1.04. The van der Waals surface area contributed by atoms with Crippen molar-refractivity contribution in [3.63, 3.8) is 0 Å². The van der Waals surface area contributed by atoms with E-state index < -0.39 is 0 Å². The molecule has 0 radical (unpaired) electrons. The molecule has 0 atom stereocenters. The Kier molecular flexibility index (Phi) is 4.36. The summed E-state index contributed by atoms with van der Waals surface area (Å²) in [7, 11) is 1.80. The molecule has 1 rings (SSSR count). The van der Waals surface area contributed by atoms with Crippen molar-refractivity contribution in [1.29, 1.82) is 0 Å². The van der Waals surface area contributed by atoms with Crippen LogP contribution in [-0.4, -0.2) is 13.7 Å². The SMILES string of the molecule is CCCOc1cc(NC)c(Cl)cc1Cl. The van der Waals surface area contributed by atoms with Gasteiger partial charge < -0.3 is 10.1 Å². The van der Waals surface area contributed by atoms with Crippen molar-refractivity contribution in [3.05, 3.63) is 22.2 Å². The van der Waals surface area contributed by atoms with Gasteiger partial charge in [-0.05, 0) is 12.5 Å². The lowest BCUT2D eigenvalue weighted by molar-refractivity contribution is 0.318. The summed E-state index contributed by atoms with van der Waals surface area (Å²) in [5.74, 6) is 0.669. The van der Waals surface area contributed by atoms with Crippen LogP contribution in [0, 0.1) is 0 Å². The van der Waals surface area contributed by atoms with E-state index in [1.807, 2.05) is 6.92 Å². The smallest absolute Gasteiger partial charge is 0.140 e. The van der Waals surface area contributed by atoms with Crippen LogP contribution in [-0.2, 0) is 0 Å². The topological polar surface area (TPSA) is 21.3 Å². The minimum absolute atomic E-state index is 0.544. The second-order valence-corrected chi connectivity index (χ2v) is 3.68. The number of ether oxygens (including phenoxy) is 1. The summed E-state index contributed by atoms with van der Waals surface area (Å²) in [4.78, 5) is 0. The van der Waals surface area contributed by atoms with E-state index in [0.29, 0.717) is 22.4 Å². The monoisotopic (exact) mass is 233 g/mol. The lowest BCUT2D eigenvalue weighted by atomic mass is 10.3. The first-order valence-corrected chi connectivity index (χ1v) is 5.24. The van der Waals surface area contributed by atoms with Crippen molar-refractivity contribution < 1.29 is 4.74 Å². The van der Waals surface area contributed by atoms with E-state index in [4.69, 9.17) is 27.9 Å². The molecular formula is C10H13Cl2NO. The Balaban J connectivity index is 2.92. The van der Waals surface area contributed by atoms with Crippen LogP contribution >= 0.6 is 23.2 Å². The van der Waals surface area contributed by atoms with Crippen LogP contribution in [0.15, 0.2) is 12.1 Å². The van der Waals surface area contributed by atoms with E-state index in [-0.39, 0.29) is 0 Å². The highest BCUT2D eigenvalue weighted by Gasteiger charge is 2.06. The molecule has 4 heteroatoms. The molecule has 0 aromatic heterocycles. The number of rotatable bonds is 4. The first-order valence-electron chi connectivity index (χ1n) is 4.48. The maximum atomic E-state index is 5.96. The lowest BCUT2D eigenvalue weighted by Gasteiger charge is -2.10. The molecule has 0 aliphatic heterocycles. The summed E-state index contributed by atoms with van der Waals surface area (Å²) in [6, 6.07) is 3.49. The lowest BCUT2D eigenvalue weighted by Crippen LogP contribution is -1.97. The molecule has 0 amide bonds. The highest BCUT2D eigenvalue weighted by Crippen LogP contribution is 2.33. The van der Waals surface area contributed by atoms with Crippen molar-refractivity contribution in [2.24, 2.45) is 0 Å². The van der Waals surface area contributed by atoms with E-state index in [2.05, 4.69) is 5.32 Å². The first kappa shape index (κ1) is 11.5. The van der Waals surface area contributed by atoms with Crippen LogP contribution in [0.5, 0.6) is 5.75 Å². The standard InChI is InChI=1S/C10H13Cl2NO/c1-3-4-14-10-6-9(13-2)7(11)5-8(10)12/h5-6,13H,3-4H2,1-2H3. The minimum atomic E-state index is 0.544. The molecule has 14 heavy (non-hydrogen) atoms. The van der Waals surface area contributed by atoms with E-state index in [0.717, 1.165) is 12.1 Å². The zero-order valence-electron chi connectivity index (χ0n) is 8.23. The Labute approximate surface area is 94.2 Å². The molecule has 0 saturated carbocycles. The molecule has 0 heterocycles. The summed E-state index contributed by atoms with van der Waals surface area (Å²) in [6.45, 7) is 2.70. The summed E-state index contributed by atoms with van der Waals surface area (Å²) in [5.41, 5.74) is 0.821. The number of anilines is 1. The van der Waals surface area contributed by atoms with E-state index in [1.54, 1.807) is 19.2 Å². The Bertz CT molecular complexity index is 315. The summed E-state index contributed by atoms with van der Waals surface area (Å²) < 4.78 is 5.45. The average molecular weight is 234 g/mol. The predicted octanol–water partition coefficient (Wildman–Crippen LogP) is 3.82. The molecule has 0 spiro atoms. The highest BCUT2D eigenvalue weighted by atomic mass is 35.5. The van der Waals surface area contributed by atoms with Crippen molar-refractivity contribution in [2.45, 2.75) is 13.3 Å². The minimum Gasteiger partial charge on any atom is -0.492 e. The Morgan fingerprint density at radius 1 is 1.29 bits per heavy atom. The quantitative estimate of drug-likeness (QED) is 0.854. The predicted molar refractivity (Wildman–Crippen MR) is 61.8 cm³/mol. The molecule has 1 N–H and O–H groups in total. The third-order valence-corrected chi connectivity index (χ3v) is 2.36. The van der Waals surface area contributed by atoms with Crippen molar-refractivity contribution in [1.82, 2.24) is 0 Å². The van der Waals surface area contributed by atoms with Crippen LogP contribution in [0.2, 0.25) is 10.0 Å². The van der Waals surface area contributed by atoms with Crippen LogP contribution in [0.3, 0.4) is 0 Å². The fraction of sp³-hybridized carbons (Fsp3) is 0.400. The third kappa shape index (κ3) is 2.69. The van der Waals surface area contributed by atoms with Gasteiger partial charge in [-0.3, -0.25) is 0 Å². The zero-order chi connectivity index (χ0) is 10.6. The van der Waals surface area contributed by atoms with Gasteiger partial charge in [0.2, 0.25) is 0 Å². The van der Waals surface area contributed by atoms with Crippen molar-refractivity contribution in [2.75, 3.05) is 19.0 Å². The van der Waals surface area contributed by atoms with Crippen LogP contribution < -0.4 is 10.1 Å². The Morgan fingerprint density at radius 3 is 2.57 bits per heavy atom. The number of nitrogens with one attached hydrogen (secondary N) is 1. The number of halogens is 2. The van der Waals surface area contributed by atoms with E-state index >= 15 is 0 Å². The molecule has 0 aliphatic rings. The first-order chi connectivity index (χ1) is 6.69. The van der Waals surface area contributed by atoms with Gasteiger partial charge in [-0.15, -0.1) is 0 Å². The number of hydrogen-bond acceptors (Lipinski definition) is 2. The summed E-state index contributed by atoms with van der Waals surface area (Å²) >= 11 is 11.9. The van der Waals surface area contributed by atoms with Crippen molar-refractivity contribution >= 4 is 28.9 Å². The van der Waals surface area contributed by atoms with Crippen LogP contribution in [0.25, 0.3) is 0 Å². The summed E-state index contributed by atoms with van der Waals surface area (Å²) in [6.07, 6.45) is 0.952. The second kappa shape index (κ2) is 5.32. The molecule has 1 aromatic rings. The van der Waals surface area contributed by atoms with E-state index in [9.17, 15) is 0 Å². The highest BCUT2D eigenvalue weighted by molar-refractivity contribution is 6.37. The van der Waals surface area contributed by atoms with Gasteiger partial charge in [0, 0.05) is 13.1 Å². The number of hydrogen-bond donors (Lipinski definition) is 1. The van der Waals surface area contributed by atoms with Gasteiger partial charge in [0.1, 0.15) is 5.75 Å². The Hall–Kier alpha value is -0.600. The number of benzene rings is 1. The molecule has 0 saturated heterocycles. The second-order valence-electron chi connectivity index (χ2n) is 2.86. The van der Waals surface area contributed by atoms with Gasteiger partial charge in [-0.2, -0.15) is 0 Å². The fourth-order valence-corrected chi connectivity index (χ4v) is 1.58. The van der Waals surface area contributed by atoms with Crippen LogP contribution in [0.1, 0.15) is 13.3 Å². The van der Waals surface area contributed by atoms with Gasteiger partial charge in [-0.25, -0.2) is 0 Å². The molecule has 1 aromatic carbocycles. The molecule has 78 valence electrons. The maximum absolute atomic E-state index is 5.96. The normalized spacial score (nSPS) is 10.0. The molecule has 2 nitrogen and oxygen atoms in total. The van der Waals surface area contributed by atoms with Gasteiger partial charge in [0.05, 0.1) is 22.3 Å². The molecule has 0 unspecified atom stereocenters. The largest absolute Gasteiger partial charge is 0.492 e. The Morgan fingerprint density at radius 2 is 2.00 bits per heavy atom. The molecule has 0 fully saturated rings. The van der Waals surface area contributed by atoms with Gasteiger partial charge >= 0.3 is 0 Å².